The fourth-order valence-electron chi connectivity index (χ4n) is 2.84. The number of anilines is 1. The number of likely N-dealkylation sites (tertiary alicyclic amines) is 1. The first-order valence-electron chi connectivity index (χ1n) is 8.22. The number of aromatic nitrogens is 2. The molecule has 0 spiro atoms. The Morgan fingerprint density at radius 1 is 1.27 bits per heavy atom. The van der Waals surface area contributed by atoms with Crippen LogP contribution in [0.1, 0.15) is 40.2 Å². The van der Waals surface area contributed by atoms with Crippen LogP contribution in [-0.2, 0) is 4.79 Å². The van der Waals surface area contributed by atoms with Gasteiger partial charge in [0.25, 0.3) is 12.3 Å². The number of nitrogens with one attached hydrogen (secondary N) is 1. The van der Waals surface area contributed by atoms with Gasteiger partial charge in [0.2, 0.25) is 11.0 Å². The van der Waals surface area contributed by atoms with E-state index in [2.05, 4.69) is 15.5 Å². The lowest BCUT2D eigenvalue weighted by Gasteiger charge is -2.32. The molecule has 0 aliphatic carbocycles. The van der Waals surface area contributed by atoms with Gasteiger partial charge >= 0.3 is 0 Å². The molecule has 1 saturated heterocycles. The van der Waals surface area contributed by atoms with Crippen LogP contribution in [0.25, 0.3) is 0 Å². The topological polar surface area (TPSA) is 75.2 Å². The van der Waals surface area contributed by atoms with Crippen molar-refractivity contribution in [2.24, 2.45) is 5.92 Å². The van der Waals surface area contributed by atoms with E-state index in [1.165, 1.54) is 0 Å². The van der Waals surface area contributed by atoms with Crippen molar-refractivity contribution in [2.45, 2.75) is 26.2 Å². The molecule has 1 aromatic heterocycles. The van der Waals surface area contributed by atoms with Crippen LogP contribution in [0.2, 0.25) is 0 Å². The number of carbonyl (C=O) groups excluding carboxylic acids is 2. The number of alkyl halides is 2. The maximum atomic E-state index is 12.6. The summed E-state index contributed by atoms with van der Waals surface area (Å²) in [5, 5.41) is 9.05. The summed E-state index contributed by atoms with van der Waals surface area (Å²) < 4.78 is 25.1. The number of amides is 2. The fourth-order valence-corrected chi connectivity index (χ4v) is 3.44. The standard InChI is InChI=1S/C17H18F2N4O2S/c1-10-4-6-11(7-5-10)16(25)23-8-2-3-12(9-23)14(24)20-17-22-21-15(26-17)13(18)19/h4-7,12-13H,2-3,8-9H2,1H3,(H,20,22,24). The summed E-state index contributed by atoms with van der Waals surface area (Å²) in [6.45, 7) is 2.83. The molecule has 1 aliphatic rings. The molecule has 9 heteroatoms. The van der Waals surface area contributed by atoms with E-state index in [0.29, 0.717) is 42.8 Å². The van der Waals surface area contributed by atoms with E-state index in [0.717, 1.165) is 5.56 Å². The normalized spacial score (nSPS) is 17.4. The Bertz CT molecular complexity index is 794. The first-order chi connectivity index (χ1) is 12.4. The molecule has 0 saturated carbocycles. The van der Waals surface area contributed by atoms with Crippen LogP contribution in [0.4, 0.5) is 13.9 Å². The van der Waals surface area contributed by atoms with Crippen molar-refractivity contribution in [1.29, 1.82) is 0 Å². The average molecular weight is 380 g/mol. The van der Waals surface area contributed by atoms with Crippen molar-refractivity contribution >= 4 is 28.3 Å². The van der Waals surface area contributed by atoms with E-state index < -0.39 is 17.4 Å². The smallest absolute Gasteiger partial charge is 0.291 e. The van der Waals surface area contributed by atoms with Crippen molar-refractivity contribution in [3.05, 3.63) is 40.4 Å². The lowest BCUT2D eigenvalue weighted by Crippen LogP contribution is -2.43. The van der Waals surface area contributed by atoms with Gasteiger partial charge in [-0.05, 0) is 31.9 Å². The zero-order chi connectivity index (χ0) is 18.7. The predicted octanol–water partition coefficient (Wildman–Crippen LogP) is 3.28. The number of benzene rings is 1. The van der Waals surface area contributed by atoms with Crippen molar-refractivity contribution in [1.82, 2.24) is 15.1 Å². The fraction of sp³-hybridized carbons (Fsp3) is 0.412. The summed E-state index contributed by atoms with van der Waals surface area (Å²) in [7, 11) is 0. The Balaban J connectivity index is 1.62. The number of nitrogens with zero attached hydrogens (tertiary/aromatic N) is 3. The maximum absolute atomic E-state index is 12.6. The molecule has 0 radical (unpaired) electrons. The molecule has 1 unspecified atom stereocenters. The minimum absolute atomic E-state index is 0.0484. The monoisotopic (exact) mass is 380 g/mol. The first-order valence-corrected chi connectivity index (χ1v) is 9.04. The van der Waals surface area contributed by atoms with Gasteiger partial charge < -0.3 is 10.2 Å². The summed E-state index contributed by atoms with van der Waals surface area (Å²) in [5.41, 5.74) is 1.65. The molecule has 1 fully saturated rings. The Kier molecular flexibility index (Phi) is 5.55. The summed E-state index contributed by atoms with van der Waals surface area (Å²) in [6.07, 6.45) is -1.38. The van der Waals surface area contributed by atoms with E-state index in [-0.39, 0.29) is 16.9 Å². The highest BCUT2D eigenvalue weighted by Gasteiger charge is 2.29. The Hall–Kier alpha value is -2.42. The number of carbonyl (C=O) groups is 2. The van der Waals surface area contributed by atoms with E-state index in [1.807, 2.05) is 19.1 Å². The number of halogens is 2. The average Bonchev–Trinajstić information content (AvgIpc) is 3.11. The van der Waals surface area contributed by atoms with Crippen molar-refractivity contribution < 1.29 is 18.4 Å². The van der Waals surface area contributed by atoms with Gasteiger partial charge in [-0.15, -0.1) is 10.2 Å². The van der Waals surface area contributed by atoms with Crippen LogP contribution in [0.3, 0.4) is 0 Å². The number of piperidine rings is 1. The van der Waals surface area contributed by atoms with Gasteiger partial charge in [-0.2, -0.15) is 0 Å². The SMILES string of the molecule is Cc1ccc(C(=O)N2CCCC(C(=O)Nc3nnc(C(F)F)s3)C2)cc1. The molecule has 6 nitrogen and oxygen atoms in total. The molecule has 1 atom stereocenters. The number of hydrogen-bond acceptors (Lipinski definition) is 5. The Morgan fingerprint density at radius 2 is 2.00 bits per heavy atom. The van der Waals surface area contributed by atoms with Gasteiger partial charge in [0, 0.05) is 18.7 Å². The molecule has 2 aromatic rings. The number of hydrogen-bond donors (Lipinski definition) is 1. The second kappa shape index (κ2) is 7.86. The molecule has 1 aliphatic heterocycles. The van der Waals surface area contributed by atoms with E-state index >= 15 is 0 Å². The summed E-state index contributed by atoms with van der Waals surface area (Å²) in [5.74, 6) is -0.848. The first kappa shape index (κ1) is 18.4. The maximum Gasteiger partial charge on any atom is 0.291 e. The van der Waals surface area contributed by atoms with Crippen LogP contribution >= 0.6 is 11.3 Å². The van der Waals surface area contributed by atoms with Crippen LogP contribution in [0.15, 0.2) is 24.3 Å². The second-order valence-corrected chi connectivity index (χ2v) is 7.20. The van der Waals surface area contributed by atoms with E-state index in [1.54, 1.807) is 17.0 Å². The molecule has 138 valence electrons. The highest BCUT2D eigenvalue weighted by atomic mass is 32.1. The van der Waals surface area contributed by atoms with Gasteiger partial charge in [0.1, 0.15) is 0 Å². The molecule has 3 rings (SSSR count). The minimum atomic E-state index is -2.71. The molecule has 0 bridgehead atoms. The molecular formula is C17H18F2N4O2S. The Labute approximate surface area is 153 Å². The molecular weight excluding hydrogens is 362 g/mol. The van der Waals surface area contributed by atoms with E-state index in [9.17, 15) is 18.4 Å². The summed E-state index contributed by atoms with van der Waals surface area (Å²) >= 11 is 0.654. The lowest BCUT2D eigenvalue weighted by molar-refractivity contribution is -0.121. The summed E-state index contributed by atoms with van der Waals surface area (Å²) in [4.78, 5) is 26.7. The van der Waals surface area contributed by atoms with Crippen LogP contribution in [-0.4, -0.2) is 40.0 Å². The van der Waals surface area contributed by atoms with Crippen LogP contribution < -0.4 is 5.32 Å². The highest BCUT2D eigenvalue weighted by Crippen LogP contribution is 2.26. The lowest BCUT2D eigenvalue weighted by atomic mass is 9.96. The molecule has 1 N–H and O–H groups in total. The minimum Gasteiger partial charge on any atom is -0.338 e. The molecule has 1 aromatic carbocycles. The number of rotatable bonds is 4. The van der Waals surface area contributed by atoms with Crippen LogP contribution in [0, 0.1) is 12.8 Å². The quantitative estimate of drug-likeness (QED) is 0.883. The third-order valence-corrected chi connectivity index (χ3v) is 5.08. The Morgan fingerprint density at radius 3 is 2.65 bits per heavy atom. The second-order valence-electron chi connectivity index (χ2n) is 6.19. The highest BCUT2D eigenvalue weighted by molar-refractivity contribution is 7.15. The zero-order valence-electron chi connectivity index (χ0n) is 14.1. The third kappa shape index (κ3) is 4.21. The van der Waals surface area contributed by atoms with E-state index in [4.69, 9.17) is 0 Å². The van der Waals surface area contributed by atoms with Crippen molar-refractivity contribution in [2.75, 3.05) is 18.4 Å². The zero-order valence-corrected chi connectivity index (χ0v) is 14.9. The molecule has 26 heavy (non-hydrogen) atoms. The van der Waals surface area contributed by atoms with Gasteiger partial charge in [-0.3, -0.25) is 9.59 Å². The van der Waals surface area contributed by atoms with Gasteiger partial charge in [-0.25, -0.2) is 8.78 Å². The van der Waals surface area contributed by atoms with Gasteiger partial charge in [0.15, 0.2) is 5.01 Å². The molecule has 2 amide bonds. The predicted molar refractivity (Wildman–Crippen MR) is 93.3 cm³/mol. The van der Waals surface area contributed by atoms with Gasteiger partial charge in [-0.1, -0.05) is 29.0 Å². The third-order valence-electron chi connectivity index (χ3n) is 4.24. The van der Waals surface area contributed by atoms with Crippen LogP contribution in [0.5, 0.6) is 0 Å². The summed E-state index contributed by atoms with van der Waals surface area (Å²) in [6, 6.07) is 7.29. The number of aryl methyl sites for hydroxylation is 1. The van der Waals surface area contributed by atoms with Crippen molar-refractivity contribution in [3.8, 4) is 0 Å². The largest absolute Gasteiger partial charge is 0.338 e. The van der Waals surface area contributed by atoms with Crippen molar-refractivity contribution in [3.63, 3.8) is 0 Å². The van der Waals surface area contributed by atoms with Gasteiger partial charge in [0.05, 0.1) is 5.92 Å². The molecule has 2 heterocycles.